The van der Waals surface area contributed by atoms with Gasteiger partial charge in [0.05, 0.1) is 19.5 Å². The molecule has 160 valence electrons. The quantitative estimate of drug-likeness (QED) is 0.398. The summed E-state index contributed by atoms with van der Waals surface area (Å²) < 4.78 is 18.1. The zero-order chi connectivity index (χ0) is 21.1. The summed E-state index contributed by atoms with van der Waals surface area (Å²) in [7, 11) is 1.54. The molecule has 1 saturated heterocycles. The predicted octanol–water partition coefficient (Wildman–Crippen LogP) is -1.04. The van der Waals surface area contributed by atoms with Crippen LogP contribution in [0.2, 0.25) is 0 Å². The van der Waals surface area contributed by atoms with Crippen molar-refractivity contribution >= 4 is 23.0 Å². The third kappa shape index (κ3) is 4.31. The molecule has 29 heavy (non-hydrogen) atoms. The van der Waals surface area contributed by atoms with Crippen LogP contribution in [-0.2, 0) is 19.0 Å². The van der Waals surface area contributed by atoms with Crippen LogP contribution in [0.4, 0.5) is 5.95 Å². The lowest BCUT2D eigenvalue weighted by atomic mass is 10.1. The highest BCUT2D eigenvalue weighted by Gasteiger charge is 2.45. The van der Waals surface area contributed by atoms with Gasteiger partial charge in [-0.2, -0.15) is 4.98 Å². The van der Waals surface area contributed by atoms with Crippen LogP contribution in [0.5, 0.6) is 0 Å². The largest absolute Gasteiger partial charge is 0.387 e. The number of ether oxygens (including phenoxy) is 3. The molecule has 3 heterocycles. The topological polar surface area (TPSA) is 167 Å². The van der Waals surface area contributed by atoms with Crippen LogP contribution < -0.4 is 16.6 Å². The van der Waals surface area contributed by atoms with E-state index in [9.17, 15) is 14.7 Å². The van der Waals surface area contributed by atoms with Gasteiger partial charge in [-0.15, -0.1) is 0 Å². The molecule has 2 aromatic heterocycles. The van der Waals surface area contributed by atoms with Crippen molar-refractivity contribution in [3.05, 3.63) is 16.7 Å². The first-order chi connectivity index (χ1) is 13.9. The number of nitrogens with one attached hydrogen (secondary N) is 2. The summed E-state index contributed by atoms with van der Waals surface area (Å²) in [6, 6.07) is 0. The number of fused-ring (bicyclic) bond motifs is 1. The SMILES string of the molecule is COCCOC1[C@@H](O)[C@@H](CN)O[C@H]1n1cnc2c(=O)[nH]c(NC(=O)C(C)C)nc21. The van der Waals surface area contributed by atoms with Gasteiger partial charge in [-0.25, -0.2) is 4.98 Å². The molecule has 1 aliphatic heterocycles. The van der Waals surface area contributed by atoms with E-state index in [2.05, 4.69) is 20.3 Å². The van der Waals surface area contributed by atoms with Crippen LogP contribution in [0.1, 0.15) is 20.1 Å². The molecule has 12 nitrogen and oxygen atoms in total. The maximum atomic E-state index is 12.4. The number of rotatable bonds is 8. The number of imidazole rings is 1. The van der Waals surface area contributed by atoms with Crippen molar-refractivity contribution < 1.29 is 24.1 Å². The monoisotopic (exact) mass is 410 g/mol. The molecule has 1 unspecified atom stereocenters. The number of hydrogen-bond donors (Lipinski definition) is 4. The Hall–Kier alpha value is -2.38. The van der Waals surface area contributed by atoms with Crippen molar-refractivity contribution in [1.82, 2.24) is 19.5 Å². The lowest BCUT2D eigenvalue weighted by Gasteiger charge is -2.22. The van der Waals surface area contributed by atoms with Gasteiger partial charge in [0, 0.05) is 19.6 Å². The first kappa shape index (κ1) is 21.3. The van der Waals surface area contributed by atoms with Crippen molar-refractivity contribution in [2.45, 2.75) is 38.4 Å². The third-order valence-electron chi connectivity index (χ3n) is 4.62. The van der Waals surface area contributed by atoms with E-state index < -0.39 is 30.1 Å². The minimum Gasteiger partial charge on any atom is -0.387 e. The minimum atomic E-state index is -0.985. The van der Waals surface area contributed by atoms with Crippen LogP contribution in [0, 0.1) is 5.92 Å². The summed E-state index contributed by atoms with van der Waals surface area (Å²) in [4.78, 5) is 35.2. The van der Waals surface area contributed by atoms with E-state index in [-0.39, 0.29) is 42.1 Å². The van der Waals surface area contributed by atoms with Crippen molar-refractivity contribution in [2.75, 3.05) is 32.2 Å². The molecule has 12 heteroatoms. The zero-order valence-corrected chi connectivity index (χ0v) is 16.5. The number of amides is 1. The molecule has 2 aromatic rings. The number of hydrogen-bond acceptors (Lipinski definition) is 9. The smallest absolute Gasteiger partial charge is 0.280 e. The van der Waals surface area contributed by atoms with E-state index in [1.807, 2.05) is 0 Å². The Balaban J connectivity index is 1.97. The van der Waals surface area contributed by atoms with Crippen molar-refractivity contribution in [2.24, 2.45) is 11.7 Å². The summed E-state index contributed by atoms with van der Waals surface area (Å²) in [6.45, 7) is 4.08. The average molecular weight is 410 g/mol. The highest BCUT2D eigenvalue weighted by atomic mass is 16.6. The second kappa shape index (κ2) is 8.97. The van der Waals surface area contributed by atoms with E-state index in [1.165, 1.54) is 18.0 Å². The molecule has 1 fully saturated rings. The molecule has 3 rings (SSSR count). The summed E-state index contributed by atoms with van der Waals surface area (Å²) in [6.07, 6.45) is -1.85. The molecule has 0 radical (unpaired) electrons. The number of carbonyl (C=O) groups excluding carboxylic acids is 1. The van der Waals surface area contributed by atoms with Crippen molar-refractivity contribution in [3.8, 4) is 0 Å². The van der Waals surface area contributed by atoms with E-state index in [0.717, 1.165) is 0 Å². The second-order valence-electron chi connectivity index (χ2n) is 7.00. The fourth-order valence-corrected chi connectivity index (χ4v) is 3.02. The van der Waals surface area contributed by atoms with Gasteiger partial charge in [0.2, 0.25) is 11.9 Å². The highest BCUT2D eigenvalue weighted by Crippen LogP contribution is 2.33. The van der Waals surface area contributed by atoms with Gasteiger partial charge in [0.1, 0.15) is 18.3 Å². The Morgan fingerprint density at radius 3 is 2.90 bits per heavy atom. The van der Waals surface area contributed by atoms with E-state index in [0.29, 0.717) is 6.61 Å². The van der Waals surface area contributed by atoms with E-state index in [1.54, 1.807) is 13.8 Å². The van der Waals surface area contributed by atoms with E-state index in [4.69, 9.17) is 19.9 Å². The molecule has 0 aliphatic carbocycles. The van der Waals surface area contributed by atoms with Crippen LogP contribution in [0.3, 0.4) is 0 Å². The van der Waals surface area contributed by atoms with Crippen molar-refractivity contribution in [1.29, 1.82) is 0 Å². The first-order valence-corrected chi connectivity index (χ1v) is 9.29. The minimum absolute atomic E-state index is 0.00581. The van der Waals surface area contributed by atoms with Gasteiger partial charge in [-0.05, 0) is 0 Å². The maximum Gasteiger partial charge on any atom is 0.280 e. The Kier molecular flexibility index (Phi) is 6.59. The number of aromatic nitrogens is 4. The number of carbonyl (C=O) groups is 1. The summed E-state index contributed by atoms with van der Waals surface area (Å²) in [5, 5.41) is 13.1. The van der Waals surface area contributed by atoms with Crippen LogP contribution in [-0.4, -0.2) is 75.7 Å². The number of aliphatic hydroxyl groups excluding tert-OH is 1. The molecule has 5 N–H and O–H groups in total. The number of nitrogens with zero attached hydrogens (tertiary/aromatic N) is 3. The number of nitrogens with two attached hydrogens (primary N) is 1. The molecular formula is C17H26N6O6. The summed E-state index contributed by atoms with van der Waals surface area (Å²) >= 11 is 0. The van der Waals surface area contributed by atoms with E-state index >= 15 is 0 Å². The number of methoxy groups -OCH3 is 1. The Labute approximate surface area is 166 Å². The van der Waals surface area contributed by atoms with Crippen LogP contribution >= 0.6 is 0 Å². The Bertz CT molecular complexity index is 911. The van der Waals surface area contributed by atoms with Gasteiger partial charge in [-0.1, -0.05) is 13.8 Å². The van der Waals surface area contributed by atoms with Gasteiger partial charge in [-0.3, -0.25) is 24.5 Å². The highest BCUT2D eigenvalue weighted by molar-refractivity contribution is 5.91. The number of aliphatic hydroxyl groups is 1. The fraction of sp³-hybridized carbons (Fsp3) is 0.647. The summed E-state index contributed by atoms with van der Waals surface area (Å²) in [5.74, 6) is -0.595. The Morgan fingerprint density at radius 2 is 2.24 bits per heavy atom. The van der Waals surface area contributed by atoms with Crippen LogP contribution in [0.15, 0.2) is 11.1 Å². The van der Waals surface area contributed by atoms with Crippen LogP contribution in [0.25, 0.3) is 11.2 Å². The Morgan fingerprint density at radius 1 is 1.48 bits per heavy atom. The molecule has 1 aliphatic rings. The number of anilines is 1. The van der Waals surface area contributed by atoms with Gasteiger partial charge in [0.25, 0.3) is 5.56 Å². The summed E-state index contributed by atoms with van der Waals surface area (Å²) in [5.41, 5.74) is 5.43. The zero-order valence-electron chi connectivity index (χ0n) is 16.5. The molecule has 4 atom stereocenters. The average Bonchev–Trinajstić information content (AvgIpc) is 3.23. The molecule has 1 amide bonds. The van der Waals surface area contributed by atoms with Gasteiger partial charge in [0.15, 0.2) is 17.4 Å². The standard InChI is InChI=1S/C17H26N6O6/c1-8(2)14(25)21-17-20-13-10(15(26)22-17)19-7-23(13)16-12(28-5-4-27-3)11(24)9(6-18)29-16/h7-9,11-12,16,24H,4-6,18H2,1-3H3,(H2,20,21,22,25,26)/t9-,11+,12?,16-/m1/s1. The molecule has 0 aromatic carbocycles. The normalized spacial score (nSPS) is 24.5. The number of H-pyrrole nitrogens is 1. The first-order valence-electron chi connectivity index (χ1n) is 9.29. The van der Waals surface area contributed by atoms with Gasteiger partial charge < -0.3 is 25.1 Å². The lowest BCUT2D eigenvalue weighted by Crippen LogP contribution is -2.37. The maximum absolute atomic E-state index is 12.4. The third-order valence-corrected chi connectivity index (χ3v) is 4.62. The lowest BCUT2D eigenvalue weighted by molar-refractivity contribution is -0.118. The van der Waals surface area contributed by atoms with Crippen molar-refractivity contribution in [3.63, 3.8) is 0 Å². The molecule has 0 saturated carbocycles. The predicted molar refractivity (Wildman–Crippen MR) is 102 cm³/mol. The second-order valence-corrected chi connectivity index (χ2v) is 7.00. The fourth-order valence-electron chi connectivity index (χ4n) is 3.02. The number of aromatic amines is 1. The molecule has 0 spiro atoms. The molecular weight excluding hydrogens is 384 g/mol. The molecule has 0 bridgehead atoms. The van der Waals surface area contributed by atoms with Gasteiger partial charge >= 0.3 is 0 Å².